The molecule has 8 nitrogen and oxygen atoms in total. The molecule has 0 aliphatic carbocycles. The van der Waals surface area contributed by atoms with E-state index in [1.807, 2.05) is 18.2 Å². The minimum absolute atomic E-state index is 0.0594. The van der Waals surface area contributed by atoms with Gasteiger partial charge in [0.05, 0.1) is 22.7 Å². The van der Waals surface area contributed by atoms with Crippen molar-refractivity contribution in [2.45, 2.75) is 6.92 Å². The minimum Gasteiger partial charge on any atom is -0.493 e. The highest BCUT2D eigenvalue weighted by atomic mass is 35.5. The van der Waals surface area contributed by atoms with Crippen molar-refractivity contribution in [2.75, 3.05) is 25.6 Å². The van der Waals surface area contributed by atoms with E-state index in [-0.39, 0.29) is 18.3 Å². The molecule has 0 amide bonds. The first kappa shape index (κ1) is 29.8. The first-order chi connectivity index (χ1) is 18.9. The average Bonchev–Trinajstić information content (AvgIpc) is 2.94. The molecule has 4 aromatic rings. The molecule has 39 heavy (non-hydrogen) atoms. The second-order valence-corrected chi connectivity index (χ2v) is 9.60. The predicted octanol–water partition coefficient (Wildman–Crippen LogP) is 7.46. The number of carbonyl (C=O) groups excluding carboxylic acids is 1. The lowest BCUT2D eigenvalue weighted by atomic mass is 10.2. The molecule has 4 rings (SSSR count). The largest absolute Gasteiger partial charge is 0.493 e. The highest BCUT2D eigenvalue weighted by molar-refractivity contribution is 8.16. The van der Waals surface area contributed by atoms with Gasteiger partial charge in [0.15, 0.2) is 11.5 Å². The molecule has 0 spiro atoms. The molecule has 0 aliphatic heterocycles. The molecule has 2 N–H and O–H groups in total. The van der Waals surface area contributed by atoms with Gasteiger partial charge in [0.1, 0.15) is 30.4 Å². The van der Waals surface area contributed by atoms with Crippen LogP contribution in [-0.4, -0.2) is 41.8 Å². The Bertz CT molecular complexity index is 1440. The smallest absolute Gasteiger partial charge is 0.293 e. The van der Waals surface area contributed by atoms with Crippen LogP contribution in [0.1, 0.15) is 5.56 Å². The highest BCUT2D eigenvalue weighted by Gasteiger charge is 2.12. The Labute approximate surface area is 240 Å². The summed E-state index contributed by atoms with van der Waals surface area (Å²) in [6.07, 6.45) is 3.18. The summed E-state index contributed by atoms with van der Waals surface area (Å²) in [5.41, 5.74) is 2.71. The average molecular weight is 586 g/mol. The van der Waals surface area contributed by atoms with Crippen LogP contribution in [-0.2, 0) is 9.53 Å². The maximum Gasteiger partial charge on any atom is 0.293 e. The second kappa shape index (κ2) is 15.6. The topological polar surface area (TPSA) is 106 Å². The van der Waals surface area contributed by atoms with Crippen molar-refractivity contribution in [2.24, 2.45) is 0 Å². The van der Waals surface area contributed by atoms with E-state index in [1.54, 1.807) is 48.9 Å². The maximum absolute atomic E-state index is 10.1. The SMILES string of the molecule is COc1cc2c(Nc3ccc(Cl)c(Cl)c3)ncnc2cc1OC/C=C/SC(=N)COC=O.Cc1ccccc1. The third kappa shape index (κ3) is 9.47. The summed E-state index contributed by atoms with van der Waals surface area (Å²) in [6, 6.07) is 19.0. The number of rotatable bonds is 10. The van der Waals surface area contributed by atoms with Gasteiger partial charge < -0.3 is 19.5 Å². The van der Waals surface area contributed by atoms with Crippen LogP contribution >= 0.6 is 35.0 Å². The van der Waals surface area contributed by atoms with Gasteiger partial charge in [0, 0.05) is 17.1 Å². The second-order valence-electron chi connectivity index (χ2n) is 7.78. The zero-order chi connectivity index (χ0) is 28.0. The lowest BCUT2D eigenvalue weighted by molar-refractivity contribution is -0.127. The van der Waals surface area contributed by atoms with E-state index in [9.17, 15) is 4.79 Å². The highest BCUT2D eigenvalue weighted by Crippen LogP contribution is 2.35. The monoisotopic (exact) mass is 584 g/mol. The number of anilines is 2. The molecule has 0 fully saturated rings. The van der Waals surface area contributed by atoms with Crippen molar-refractivity contribution < 1.29 is 19.0 Å². The van der Waals surface area contributed by atoms with E-state index >= 15 is 0 Å². The number of ether oxygens (including phenoxy) is 3. The van der Waals surface area contributed by atoms with Crippen molar-refractivity contribution in [3.8, 4) is 11.5 Å². The molecule has 3 aromatic carbocycles. The Morgan fingerprint density at radius 1 is 1.05 bits per heavy atom. The zero-order valence-electron chi connectivity index (χ0n) is 21.2. The fourth-order valence-corrected chi connectivity index (χ4v) is 3.91. The number of thioether (sulfide) groups is 1. The Morgan fingerprint density at radius 3 is 2.51 bits per heavy atom. The molecule has 0 atom stereocenters. The van der Waals surface area contributed by atoms with Crippen LogP contribution in [0.5, 0.6) is 11.5 Å². The lowest BCUT2D eigenvalue weighted by Crippen LogP contribution is -2.01. The number of methoxy groups -OCH3 is 1. The molecular weight excluding hydrogens is 559 g/mol. The molecule has 0 aliphatic rings. The normalized spacial score (nSPS) is 10.5. The van der Waals surface area contributed by atoms with Gasteiger partial charge in [-0.25, -0.2) is 9.97 Å². The number of nitrogens with zero attached hydrogens (tertiary/aromatic N) is 2. The Hall–Kier alpha value is -3.79. The summed E-state index contributed by atoms with van der Waals surface area (Å²) in [7, 11) is 1.55. The number of nitrogens with one attached hydrogen (secondary N) is 2. The zero-order valence-corrected chi connectivity index (χ0v) is 23.5. The summed E-state index contributed by atoms with van der Waals surface area (Å²) in [4.78, 5) is 18.8. The van der Waals surface area contributed by atoms with Gasteiger partial charge in [-0.1, -0.05) is 70.9 Å². The molecule has 0 saturated heterocycles. The van der Waals surface area contributed by atoms with Crippen LogP contribution in [0.3, 0.4) is 0 Å². The maximum atomic E-state index is 10.1. The summed E-state index contributed by atoms with van der Waals surface area (Å²) >= 11 is 13.2. The van der Waals surface area contributed by atoms with Gasteiger partial charge in [-0.15, -0.1) is 0 Å². The minimum atomic E-state index is -0.0594. The van der Waals surface area contributed by atoms with Crippen molar-refractivity contribution in [3.05, 3.63) is 94.1 Å². The summed E-state index contributed by atoms with van der Waals surface area (Å²) < 4.78 is 15.8. The number of fused-ring (bicyclic) bond motifs is 1. The summed E-state index contributed by atoms with van der Waals surface area (Å²) in [6.45, 7) is 2.58. The van der Waals surface area contributed by atoms with Crippen LogP contribution in [0.2, 0.25) is 10.0 Å². The number of hydrogen-bond donors (Lipinski definition) is 2. The van der Waals surface area contributed by atoms with Crippen molar-refractivity contribution in [1.29, 1.82) is 5.41 Å². The molecular formula is C28H26Cl2N4O4S. The molecule has 0 bridgehead atoms. The fourth-order valence-electron chi connectivity index (χ4n) is 3.13. The number of halogens is 2. The van der Waals surface area contributed by atoms with E-state index < -0.39 is 0 Å². The Morgan fingerprint density at radius 2 is 1.85 bits per heavy atom. The van der Waals surface area contributed by atoms with Crippen LogP contribution in [0, 0.1) is 12.3 Å². The molecule has 11 heteroatoms. The Balaban J connectivity index is 0.000000520. The van der Waals surface area contributed by atoms with Crippen LogP contribution in [0.15, 0.2) is 78.5 Å². The van der Waals surface area contributed by atoms with Gasteiger partial charge in [-0.3, -0.25) is 10.2 Å². The first-order valence-electron chi connectivity index (χ1n) is 11.5. The van der Waals surface area contributed by atoms with Crippen LogP contribution < -0.4 is 14.8 Å². The fraction of sp³-hybridized carbons (Fsp3) is 0.143. The van der Waals surface area contributed by atoms with Gasteiger partial charge in [0.25, 0.3) is 6.47 Å². The number of aryl methyl sites for hydroxylation is 1. The number of benzene rings is 3. The molecule has 1 aromatic heterocycles. The standard InChI is InChI=1S/C21H18Cl2N4O4S.C7H8/c1-29-18-8-14-17(9-19(18)31-5-2-6-32-20(24)10-30-12-28)25-11-26-21(14)27-13-3-4-15(22)16(23)7-13;1-7-5-3-2-4-6-7/h2-4,6-9,11-12,24H,5,10H2,1H3,(H,25,26,27);2-6H,1H3/b6-2+,24-20?;. The van der Waals surface area contributed by atoms with Gasteiger partial charge in [-0.05, 0) is 42.7 Å². The van der Waals surface area contributed by atoms with E-state index in [0.717, 1.165) is 22.8 Å². The number of aromatic nitrogens is 2. The molecule has 0 saturated carbocycles. The third-order valence-corrected chi connectivity index (χ3v) is 6.44. The van der Waals surface area contributed by atoms with E-state index in [0.29, 0.717) is 39.4 Å². The summed E-state index contributed by atoms with van der Waals surface area (Å²) in [5.74, 6) is 1.59. The van der Waals surface area contributed by atoms with Gasteiger partial charge >= 0.3 is 0 Å². The molecule has 202 valence electrons. The van der Waals surface area contributed by atoms with E-state index in [2.05, 4.69) is 39.1 Å². The van der Waals surface area contributed by atoms with Crippen molar-refractivity contribution in [1.82, 2.24) is 9.97 Å². The first-order valence-corrected chi connectivity index (χ1v) is 13.2. The van der Waals surface area contributed by atoms with Gasteiger partial charge in [-0.2, -0.15) is 0 Å². The lowest BCUT2D eigenvalue weighted by Gasteiger charge is -2.13. The number of hydrogen-bond acceptors (Lipinski definition) is 9. The van der Waals surface area contributed by atoms with Crippen LogP contribution in [0.25, 0.3) is 10.9 Å². The van der Waals surface area contributed by atoms with Crippen molar-refractivity contribution >= 4 is 68.9 Å². The van der Waals surface area contributed by atoms with Crippen LogP contribution in [0.4, 0.5) is 11.5 Å². The molecule has 0 unspecified atom stereocenters. The quantitative estimate of drug-likeness (QED) is 0.112. The Kier molecular flexibility index (Phi) is 11.9. The molecule has 0 radical (unpaired) electrons. The van der Waals surface area contributed by atoms with Gasteiger partial charge in [0.2, 0.25) is 0 Å². The number of carbonyl (C=O) groups is 1. The van der Waals surface area contributed by atoms with E-state index in [1.165, 1.54) is 11.9 Å². The predicted molar refractivity (Wildman–Crippen MR) is 159 cm³/mol. The third-order valence-electron chi connectivity index (χ3n) is 4.97. The van der Waals surface area contributed by atoms with E-state index in [4.69, 9.17) is 38.1 Å². The molecule has 1 heterocycles. The summed E-state index contributed by atoms with van der Waals surface area (Å²) in [5, 5.41) is 14.3. The van der Waals surface area contributed by atoms with Crippen molar-refractivity contribution in [3.63, 3.8) is 0 Å².